The number of nitrogens with zero attached hydrogens (tertiary/aromatic N) is 10. The number of rotatable bonds is 5. The summed E-state index contributed by atoms with van der Waals surface area (Å²) in [5.41, 5.74) is 0.839. The van der Waals surface area contributed by atoms with Crippen LogP contribution in [0.15, 0.2) is 41.0 Å². The van der Waals surface area contributed by atoms with Crippen LogP contribution in [0.5, 0.6) is 0 Å². The van der Waals surface area contributed by atoms with Gasteiger partial charge in [0.1, 0.15) is 6.20 Å². The van der Waals surface area contributed by atoms with Gasteiger partial charge in [0, 0.05) is 17.8 Å². The maximum Gasteiger partial charge on any atom is 0.335 e. The first kappa shape index (κ1) is 20.0. The van der Waals surface area contributed by atoms with E-state index in [1.807, 2.05) is 33.8 Å². The van der Waals surface area contributed by atoms with E-state index in [0.29, 0.717) is 22.9 Å². The number of aromatic amines is 1. The van der Waals surface area contributed by atoms with E-state index >= 15 is 0 Å². The second-order valence-electron chi connectivity index (χ2n) is 7.57. The number of aromatic nitrogens is 8. The standard InChI is InChI=1S/C18H19N11O2/c1-5-7-11-13(15-22-16(18(2,3)4)26-28(15)25-11)23-24-14-12(29(30)31)10-21-27(14)17-19-8-6-9-20-17/h5-10,25H,1-4H3. The van der Waals surface area contributed by atoms with E-state index in [0.717, 1.165) is 10.9 Å². The number of allylic oxidation sites excluding steroid dienone is 1. The molecular weight excluding hydrogens is 402 g/mol. The number of nitrogens with one attached hydrogen (secondary N) is 1. The fourth-order valence-electron chi connectivity index (χ4n) is 2.73. The van der Waals surface area contributed by atoms with E-state index in [1.54, 1.807) is 12.1 Å². The van der Waals surface area contributed by atoms with Crippen molar-refractivity contribution in [1.29, 1.82) is 0 Å². The minimum atomic E-state index is -0.588. The first-order valence-corrected chi connectivity index (χ1v) is 9.33. The molecule has 4 rings (SSSR count). The molecule has 1 N–H and O–H groups in total. The first-order chi connectivity index (χ1) is 14.8. The molecular formula is C18H19N11O2. The molecule has 0 aliphatic heterocycles. The van der Waals surface area contributed by atoms with Gasteiger partial charge in [-0.25, -0.2) is 15.0 Å². The third-order valence-corrected chi connectivity index (χ3v) is 4.21. The summed E-state index contributed by atoms with van der Waals surface area (Å²) in [5, 5.41) is 31.5. The van der Waals surface area contributed by atoms with Gasteiger partial charge in [-0.2, -0.15) is 14.4 Å². The van der Waals surface area contributed by atoms with Gasteiger partial charge in [0.05, 0.1) is 10.6 Å². The van der Waals surface area contributed by atoms with Gasteiger partial charge in [0.2, 0.25) is 5.65 Å². The first-order valence-electron chi connectivity index (χ1n) is 9.33. The summed E-state index contributed by atoms with van der Waals surface area (Å²) in [6.45, 7) is 7.85. The Morgan fingerprint density at radius 3 is 2.61 bits per heavy atom. The Kier molecular flexibility index (Phi) is 4.85. The molecule has 0 saturated heterocycles. The molecule has 0 aliphatic carbocycles. The highest BCUT2D eigenvalue weighted by Gasteiger charge is 2.25. The van der Waals surface area contributed by atoms with Crippen LogP contribution in [0.2, 0.25) is 0 Å². The lowest BCUT2D eigenvalue weighted by molar-refractivity contribution is -0.384. The molecule has 0 amide bonds. The van der Waals surface area contributed by atoms with Gasteiger partial charge >= 0.3 is 5.69 Å². The highest BCUT2D eigenvalue weighted by molar-refractivity contribution is 5.74. The zero-order valence-electron chi connectivity index (χ0n) is 17.3. The smallest absolute Gasteiger partial charge is 0.274 e. The Morgan fingerprint density at radius 2 is 1.97 bits per heavy atom. The highest BCUT2D eigenvalue weighted by atomic mass is 16.6. The average Bonchev–Trinajstić information content (AvgIpc) is 3.40. The predicted octanol–water partition coefficient (Wildman–Crippen LogP) is 3.69. The Balaban J connectivity index is 1.87. The van der Waals surface area contributed by atoms with Crippen molar-refractivity contribution in [3.63, 3.8) is 0 Å². The molecule has 0 spiro atoms. The Hall–Kier alpha value is -4.29. The van der Waals surface area contributed by atoms with Crippen LogP contribution in [0.1, 0.15) is 39.2 Å². The second kappa shape index (κ2) is 7.51. The number of hydrogen-bond donors (Lipinski definition) is 1. The summed E-state index contributed by atoms with van der Waals surface area (Å²) in [4.78, 5) is 23.6. The molecule has 0 unspecified atom stereocenters. The average molecular weight is 421 g/mol. The van der Waals surface area contributed by atoms with Crippen LogP contribution in [0.3, 0.4) is 0 Å². The summed E-state index contributed by atoms with van der Waals surface area (Å²) in [7, 11) is 0. The molecule has 0 radical (unpaired) electrons. The van der Waals surface area contributed by atoms with Crippen molar-refractivity contribution in [2.75, 3.05) is 0 Å². The number of H-pyrrole nitrogens is 1. The summed E-state index contributed by atoms with van der Waals surface area (Å²) >= 11 is 0. The van der Waals surface area contributed by atoms with Crippen molar-refractivity contribution < 1.29 is 4.92 Å². The lowest BCUT2D eigenvalue weighted by Crippen LogP contribution is -2.13. The van der Waals surface area contributed by atoms with Crippen molar-refractivity contribution in [2.45, 2.75) is 33.1 Å². The summed E-state index contributed by atoms with van der Waals surface area (Å²) < 4.78 is 2.67. The van der Waals surface area contributed by atoms with Crippen molar-refractivity contribution >= 4 is 28.9 Å². The SMILES string of the molecule is CC=Cc1[nH]n2nc(C(C)(C)C)nc2c1N=Nc1c([N+](=O)[O-])cnn1-c1ncccn1. The minimum absolute atomic E-state index is 0.113. The zero-order chi connectivity index (χ0) is 22.2. The molecule has 0 atom stereocenters. The lowest BCUT2D eigenvalue weighted by atomic mass is 9.96. The third-order valence-electron chi connectivity index (χ3n) is 4.21. The van der Waals surface area contributed by atoms with E-state index in [4.69, 9.17) is 0 Å². The Bertz CT molecular complexity index is 1310. The molecule has 0 bridgehead atoms. The number of hydrogen-bond acceptors (Lipinski definition) is 9. The second-order valence-corrected chi connectivity index (χ2v) is 7.57. The monoisotopic (exact) mass is 421 g/mol. The van der Waals surface area contributed by atoms with Crippen molar-refractivity contribution in [3.8, 4) is 5.95 Å². The Morgan fingerprint density at radius 1 is 1.23 bits per heavy atom. The lowest BCUT2D eigenvalue weighted by Gasteiger charge is -2.11. The summed E-state index contributed by atoms with van der Waals surface area (Å²) in [6.07, 6.45) is 7.69. The van der Waals surface area contributed by atoms with Crippen molar-refractivity contribution in [2.24, 2.45) is 10.2 Å². The van der Waals surface area contributed by atoms with Gasteiger partial charge in [-0.3, -0.25) is 15.2 Å². The van der Waals surface area contributed by atoms with Gasteiger partial charge in [0.15, 0.2) is 11.5 Å². The highest BCUT2D eigenvalue weighted by Crippen LogP contribution is 2.33. The molecule has 4 aromatic rings. The number of azo groups is 1. The molecule has 4 aromatic heterocycles. The fraction of sp³-hybridized carbons (Fsp3) is 0.278. The van der Waals surface area contributed by atoms with Crippen LogP contribution < -0.4 is 0 Å². The molecule has 31 heavy (non-hydrogen) atoms. The molecule has 13 nitrogen and oxygen atoms in total. The van der Waals surface area contributed by atoms with Gasteiger partial charge in [0.25, 0.3) is 11.8 Å². The molecule has 4 heterocycles. The van der Waals surface area contributed by atoms with Crippen LogP contribution in [0.4, 0.5) is 17.2 Å². The van der Waals surface area contributed by atoms with E-state index in [2.05, 4.69) is 40.5 Å². The summed E-state index contributed by atoms with van der Waals surface area (Å²) in [5.74, 6) is 0.642. The fourth-order valence-corrected chi connectivity index (χ4v) is 2.73. The maximum atomic E-state index is 11.5. The van der Waals surface area contributed by atoms with Gasteiger partial charge in [-0.15, -0.1) is 15.3 Å². The molecule has 0 aliphatic rings. The van der Waals surface area contributed by atoms with E-state index < -0.39 is 4.92 Å². The predicted molar refractivity (Wildman–Crippen MR) is 111 cm³/mol. The van der Waals surface area contributed by atoms with Crippen LogP contribution in [0, 0.1) is 10.1 Å². The third kappa shape index (κ3) is 3.68. The van der Waals surface area contributed by atoms with Crippen LogP contribution >= 0.6 is 0 Å². The molecule has 0 fully saturated rings. The molecule has 158 valence electrons. The van der Waals surface area contributed by atoms with E-state index in [-0.39, 0.29) is 22.9 Å². The van der Waals surface area contributed by atoms with Gasteiger partial charge in [-0.1, -0.05) is 26.8 Å². The van der Waals surface area contributed by atoms with E-state index in [1.165, 1.54) is 17.0 Å². The Labute approximate surface area is 175 Å². The van der Waals surface area contributed by atoms with E-state index in [9.17, 15) is 10.1 Å². The topological polar surface area (TPSA) is 157 Å². The number of fused-ring (bicyclic) bond motifs is 1. The van der Waals surface area contributed by atoms with Crippen molar-refractivity contribution in [3.05, 3.63) is 52.4 Å². The number of nitro groups is 1. The van der Waals surface area contributed by atoms with Gasteiger partial charge < -0.3 is 0 Å². The largest absolute Gasteiger partial charge is 0.335 e. The van der Waals surface area contributed by atoms with Crippen LogP contribution in [0.25, 0.3) is 17.7 Å². The zero-order valence-corrected chi connectivity index (χ0v) is 17.3. The minimum Gasteiger partial charge on any atom is -0.274 e. The van der Waals surface area contributed by atoms with Gasteiger partial charge in [-0.05, 0) is 19.1 Å². The molecule has 13 heteroatoms. The normalized spacial score (nSPS) is 12.5. The van der Waals surface area contributed by atoms with Crippen molar-refractivity contribution in [1.82, 2.24) is 39.6 Å². The summed E-state index contributed by atoms with van der Waals surface area (Å²) in [6, 6.07) is 1.63. The van der Waals surface area contributed by atoms with Crippen LogP contribution in [-0.2, 0) is 5.41 Å². The maximum absolute atomic E-state index is 11.5. The molecule has 0 saturated carbocycles. The quantitative estimate of drug-likeness (QED) is 0.292. The molecule has 0 aromatic carbocycles. The van der Waals surface area contributed by atoms with Crippen LogP contribution in [-0.4, -0.2) is 44.5 Å².